The van der Waals surface area contributed by atoms with Gasteiger partial charge in [0.15, 0.2) is 0 Å². The predicted octanol–water partition coefficient (Wildman–Crippen LogP) is 13.2. The standard InChI is InChI=1S/C51H62O3/c1-3-50(53)47-33-29-45(30-34-47)43-25-21-41(22-26-43)39-17-13-37(14-18-39)9-5-7-11-49(52)12-8-6-10-38-15-19-40(20-16-38)42-23-27-44(28-24-42)46-31-35-48(36-32-46)51(54)4-2/h13-28,45-48H,3-12,29-36H2,1-2H3/t45-,46?,47-,48?. The van der Waals surface area contributed by atoms with Gasteiger partial charge in [-0.1, -0.05) is 111 Å². The minimum atomic E-state index is 0.286. The highest BCUT2D eigenvalue weighted by atomic mass is 16.1. The van der Waals surface area contributed by atoms with Crippen molar-refractivity contribution in [1.29, 1.82) is 0 Å². The van der Waals surface area contributed by atoms with E-state index >= 15 is 0 Å². The van der Waals surface area contributed by atoms with Crippen molar-refractivity contribution >= 4 is 17.3 Å². The van der Waals surface area contributed by atoms with Crippen LogP contribution in [-0.4, -0.2) is 17.3 Å². The van der Waals surface area contributed by atoms with E-state index in [-0.39, 0.29) is 11.8 Å². The highest BCUT2D eigenvalue weighted by Crippen LogP contribution is 2.38. The van der Waals surface area contributed by atoms with Gasteiger partial charge in [-0.05, 0) is 146 Å². The summed E-state index contributed by atoms with van der Waals surface area (Å²) in [6, 6.07) is 36.0. The molecular formula is C51H62O3. The second-order valence-corrected chi connectivity index (χ2v) is 16.3. The molecule has 0 saturated heterocycles. The fourth-order valence-electron chi connectivity index (χ4n) is 9.13. The number of hydrogen-bond acceptors (Lipinski definition) is 3. The van der Waals surface area contributed by atoms with Crippen molar-refractivity contribution in [2.45, 2.75) is 141 Å². The van der Waals surface area contributed by atoms with E-state index in [1.165, 1.54) is 44.5 Å². The zero-order valence-electron chi connectivity index (χ0n) is 33.0. The topological polar surface area (TPSA) is 51.2 Å². The van der Waals surface area contributed by atoms with Gasteiger partial charge in [0.05, 0.1) is 0 Å². The van der Waals surface area contributed by atoms with Crippen molar-refractivity contribution < 1.29 is 14.4 Å². The maximum absolute atomic E-state index is 12.6. The van der Waals surface area contributed by atoms with Crippen LogP contribution in [0.5, 0.6) is 0 Å². The number of ketones is 3. The summed E-state index contributed by atoms with van der Waals surface area (Å²) >= 11 is 0. The Balaban J connectivity index is 0.835. The second-order valence-electron chi connectivity index (χ2n) is 16.3. The Hall–Kier alpha value is -4.11. The number of hydrogen-bond donors (Lipinski definition) is 0. The van der Waals surface area contributed by atoms with Gasteiger partial charge in [0, 0.05) is 37.5 Å². The fourth-order valence-corrected chi connectivity index (χ4v) is 9.13. The van der Waals surface area contributed by atoms with Crippen LogP contribution in [0.25, 0.3) is 22.3 Å². The first kappa shape index (κ1) is 39.6. The molecule has 0 aromatic heterocycles. The number of carbonyl (C=O) groups excluding carboxylic acids is 3. The molecule has 2 aliphatic rings. The Morgan fingerprint density at radius 2 is 0.741 bits per heavy atom. The average molecular weight is 723 g/mol. The summed E-state index contributed by atoms with van der Waals surface area (Å²) < 4.78 is 0. The van der Waals surface area contributed by atoms with E-state index in [4.69, 9.17) is 0 Å². The van der Waals surface area contributed by atoms with Crippen molar-refractivity contribution in [2.24, 2.45) is 11.8 Å². The van der Waals surface area contributed by atoms with E-state index in [0.717, 1.165) is 89.9 Å². The van der Waals surface area contributed by atoms with E-state index in [0.29, 0.717) is 54.9 Å². The smallest absolute Gasteiger partial charge is 0.135 e. The first-order valence-corrected chi connectivity index (χ1v) is 21.4. The molecule has 4 aromatic carbocycles. The maximum atomic E-state index is 12.6. The molecule has 0 spiro atoms. The lowest BCUT2D eigenvalue weighted by atomic mass is 9.76. The van der Waals surface area contributed by atoms with Crippen LogP contribution in [0.2, 0.25) is 0 Å². The van der Waals surface area contributed by atoms with Gasteiger partial charge >= 0.3 is 0 Å². The summed E-state index contributed by atoms with van der Waals surface area (Å²) in [5.74, 6) is 3.01. The highest BCUT2D eigenvalue weighted by Gasteiger charge is 2.27. The number of aryl methyl sites for hydroxylation is 2. The predicted molar refractivity (Wildman–Crippen MR) is 224 cm³/mol. The van der Waals surface area contributed by atoms with Gasteiger partial charge in [-0.2, -0.15) is 0 Å². The average Bonchev–Trinajstić information content (AvgIpc) is 3.24. The first-order chi connectivity index (χ1) is 26.4. The second kappa shape index (κ2) is 20.0. The Labute approximate surface area is 325 Å². The summed E-state index contributed by atoms with van der Waals surface area (Å²) in [5, 5.41) is 0. The Kier molecular flexibility index (Phi) is 14.7. The van der Waals surface area contributed by atoms with Crippen LogP contribution in [0.4, 0.5) is 0 Å². The largest absolute Gasteiger partial charge is 0.300 e. The van der Waals surface area contributed by atoms with Crippen LogP contribution >= 0.6 is 0 Å². The summed E-state index contributed by atoms with van der Waals surface area (Å²) in [4.78, 5) is 36.8. The summed E-state index contributed by atoms with van der Waals surface area (Å²) in [7, 11) is 0. The number of carbonyl (C=O) groups is 3. The lowest BCUT2D eigenvalue weighted by Gasteiger charge is -2.28. The Morgan fingerprint density at radius 3 is 1.06 bits per heavy atom. The van der Waals surface area contributed by atoms with Crippen molar-refractivity contribution in [3.8, 4) is 22.3 Å². The third-order valence-electron chi connectivity index (χ3n) is 12.7. The molecule has 284 valence electrons. The van der Waals surface area contributed by atoms with Crippen LogP contribution in [0.3, 0.4) is 0 Å². The molecular weight excluding hydrogens is 661 g/mol. The minimum Gasteiger partial charge on any atom is -0.300 e. The molecule has 0 unspecified atom stereocenters. The number of Topliss-reactive ketones (excluding diaryl/α,β-unsaturated/α-hetero) is 3. The molecule has 3 heteroatoms. The number of benzene rings is 4. The molecule has 2 fully saturated rings. The van der Waals surface area contributed by atoms with Crippen molar-refractivity contribution in [2.75, 3.05) is 0 Å². The zero-order valence-corrected chi connectivity index (χ0v) is 33.0. The molecule has 0 radical (unpaired) electrons. The molecule has 0 amide bonds. The third kappa shape index (κ3) is 11.0. The van der Waals surface area contributed by atoms with Crippen molar-refractivity contribution in [3.05, 3.63) is 119 Å². The van der Waals surface area contributed by atoms with Crippen LogP contribution in [0.1, 0.15) is 151 Å². The molecule has 0 aliphatic heterocycles. The van der Waals surface area contributed by atoms with Gasteiger partial charge in [0.1, 0.15) is 17.3 Å². The lowest BCUT2D eigenvalue weighted by molar-refractivity contribution is -0.124. The van der Waals surface area contributed by atoms with Gasteiger partial charge in [0.25, 0.3) is 0 Å². The van der Waals surface area contributed by atoms with Crippen LogP contribution < -0.4 is 0 Å². The van der Waals surface area contributed by atoms with Crippen LogP contribution in [0, 0.1) is 11.8 Å². The number of rotatable bonds is 18. The van der Waals surface area contributed by atoms with Gasteiger partial charge in [-0.3, -0.25) is 14.4 Å². The minimum absolute atomic E-state index is 0.286. The van der Waals surface area contributed by atoms with E-state index < -0.39 is 0 Å². The normalized spacial score (nSPS) is 20.0. The van der Waals surface area contributed by atoms with E-state index in [1.54, 1.807) is 0 Å². The molecule has 3 nitrogen and oxygen atoms in total. The maximum Gasteiger partial charge on any atom is 0.135 e. The first-order valence-electron chi connectivity index (χ1n) is 21.4. The SMILES string of the molecule is CCC(=O)C1CCC(c2ccc(-c3ccc(CCCCC(=O)CCCCc4ccc(-c5ccc([C@H]6CC[C@H](C(=O)CC)CC6)cc5)cc4)cc3)cc2)CC1. The molecule has 54 heavy (non-hydrogen) atoms. The molecule has 0 N–H and O–H groups in total. The molecule has 4 aromatic rings. The van der Waals surface area contributed by atoms with Crippen LogP contribution in [0.15, 0.2) is 97.1 Å². The summed E-state index contributed by atoms with van der Waals surface area (Å²) in [5.41, 5.74) is 10.5. The Bertz CT molecular complexity index is 1630. The van der Waals surface area contributed by atoms with E-state index in [9.17, 15) is 14.4 Å². The van der Waals surface area contributed by atoms with Crippen molar-refractivity contribution in [1.82, 2.24) is 0 Å². The lowest BCUT2D eigenvalue weighted by Crippen LogP contribution is -2.20. The van der Waals surface area contributed by atoms with Gasteiger partial charge < -0.3 is 0 Å². The quantitative estimate of drug-likeness (QED) is 0.0961. The third-order valence-corrected chi connectivity index (χ3v) is 12.7. The monoisotopic (exact) mass is 722 g/mol. The molecule has 0 atom stereocenters. The van der Waals surface area contributed by atoms with E-state index in [1.807, 2.05) is 13.8 Å². The molecule has 2 aliphatic carbocycles. The Morgan fingerprint density at radius 1 is 0.426 bits per heavy atom. The zero-order chi connectivity index (χ0) is 37.7. The van der Waals surface area contributed by atoms with Gasteiger partial charge in [-0.15, -0.1) is 0 Å². The van der Waals surface area contributed by atoms with Gasteiger partial charge in [-0.25, -0.2) is 0 Å². The molecule has 0 bridgehead atoms. The molecule has 2 saturated carbocycles. The highest BCUT2D eigenvalue weighted by molar-refractivity contribution is 5.81. The van der Waals surface area contributed by atoms with Crippen molar-refractivity contribution in [3.63, 3.8) is 0 Å². The van der Waals surface area contributed by atoms with Gasteiger partial charge in [0.2, 0.25) is 0 Å². The van der Waals surface area contributed by atoms with E-state index in [2.05, 4.69) is 97.1 Å². The van der Waals surface area contributed by atoms with Crippen LogP contribution in [-0.2, 0) is 27.2 Å². The molecule has 0 heterocycles. The molecule has 6 rings (SSSR count). The summed E-state index contributed by atoms with van der Waals surface area (Å²) in [6.45, 7) is 3.97. The summed E-state index contributed by atoms with van der Waals surface area (Å²) in [6.07, 6.45) is 17.4. The number of unbranched alkanes of at least 4 members (excludes halogenated alkanes) is 2. The fraction of sp³-hybridized carbons (Fsp3) is 0.471.